The number of amides is 1. The van der Waals surface area contributed by atoms with Gasteiger partial charge in [0.1, 0.15) is 0 Å². The van der Waals surface area contributed by atoms with Gasteiger partial charge in [-0.25, -0.2) is 0 Å². The minimum atomic E-state index is 0.163. The quantitative estimate of drug-likeness (QED) is 0.721. The third-order valence-electron chi connectivity index (χ3n) is 1.72. The molecule has 0 saturated carbocycles. The molecule has 0 saturated heterocycles. The van der Waals surface area contributed by atoms with E-state index in [0.717, 1.165) is 19.4 Å². The molecular formula is C10H20BrNO. The van der Waals surface area contributed by atoms with E-state index in [1.165, 1.54) is 0 Å². The Morgan fingerprint density at radius 3 is 2.54 bits per heavy atom. The number of nitrogens with one attached hydrogen (secondary N) is 1. The lowest BCUT2D eigenvalue weighted by Crippen LogP contribution is -2.29. The van der Waals surface area contributed by atoms with Crippen molar-refractivity contribution in [2.45, 2.75) is 44.9 Å². The zero-order valence-corrected chi connectivity index (χ0v) is 10.4. The monoisotopic (exact) mass is 249 g/mol. The Hall–Kier alpha value is -0.0500. The summed E-state index contributed by atoms with van der Waals surface area (Å²) < 4.78 is 0. The Morgan fingerprint density at radius 2 is 2.08 bits per heavy atom. The van der Waals surface area contributed by atoms with Crippen molar-refractivity contribution in [1.29, 1.82) is 0 Å². The molecule has 0 fully saturated rings. The van der Waals surface area contributed by atoms with Crippen molar-refractivity contribution in [3.8, 4) is 0 Å². The van der Waals surface area contributed by atoms with Crippen LogP contribution in [0.4, 0.5) is 0 Å². The minimum Gasteiger partial charge on any atom is -0.355 e. The van der Waals surface area contributed by atoms with E-state index in [-0.39, 0.29) is 5.91 Å². The molecule has 1 unspecified atom stereocenters. The van der Waals surface area contributed by atoms with E-state index in [1.807, 2.05) is 6.92 Å². The molecule has 0 aliphatic rings. The molecule has 13 heavy (non-hydrogen) atoms. The number of hydrogen-bond donors (Lipinski definition) is 1. The highest BCUT2D eigenvalue weighted by atomic mass is 79.9. The molecule has 0 bridgehead atoms. The predicted molar refractivity (Wildman–Crippen MR) is 60.1 cm³/mol. The van der Waals surface area contributed by atoms with Gasteiger partial charge in [-0.1, -0.05) is 36.7 Å². The van der Waals surface area contributed by atoms with Gasteiger partial charge in [0.15, 0.2) is 0 Å². The van der Waals surface area contributed by atoms with Crippen LogP contribution in [0.15, 0.2) is 0 Å². The third kappa shape index (κ3) is 8.28. The average molecular weight is 250 g/mol. The number of carbonyl (C=O) groups is 1. The van der Waals surface area contributed by atoms with E-state index >= 15 is 0 Å². The van der Waals surface area contributed by atoms with E-state index in [4.69, 9.17) is 0 Å². The first kappa shape index (κ1) is 12.9. The van der Waals surface area contributed by atoms with Gasteiger partial charge in [-0.15, -0.1) is 0 Å². The highest BCUT2D eigenvalue weighted by Crippen LogP contribution is 2.11. The Bertz CT molecular complexity index is 148. The van der Waals surface area contributed by atoms with Gasteiger partial charge in [-0.2, -0.15) is 0 Å². The molecule has 0 rings (SSSR count). The fraction of sp³-hybridized carbons (Fsp3) is 0.900. The largest absolute Gasteiger partial charge is 0.355 e. The van der Waals surface area contributed by atoms with Gasteiger partial charge in [-0.3, -0.25) is 4.79 Å². The normalized spacial score (nSPS) is 13.0. The summed E-state index contributed by atoms with van der Waals surface area (Å²) in [7, 11) is 0. The summed E-state index contributed by atoms with van der Waals surface area (Å²) in [5, 5.41) is 2.90. The van der Waals surface area contributed by atoms with E-state index in [1.54, 1.807) is 0 Å². The molecule has 2 nitrogen and oxygen atoms in total. The maximum atomic E-state index is 11.1. The molecule has 1 N–H and O–H groups in total. The van der Waals surface area contributed by atoms with Gasteiger partial charge >= 0.3 is 0 Å². The number of alkyl halides is 1. The lowest BCUT2D eigenvalue weighted by atomic mass is 10.1. The summed E-state index contributed by atoms with van der Waals surface area (Å²) >= 11 is 3.54. The predicted octanol–water partition coefficient (Wildman–Crippen LogP) is 2.71. The zero-order valence-electron chi connectivity index (χ0n) is 8.77. The molecule has 0 aromatic heterocycles. The molecule has 78 valence electrons. The van der Waals surface area contributed by atoms with Crippen LogP contribution in [0.5, 0.6) is 0 Å². The van der Waals surface area contributed by atoms with Gasteiger partial charge in [0, 0.05) is 17.8 Å². The molecule has 0 heterocycles. The summed E-state index contributed by atoms with van der Waals surface area (Å²) in [4.78, 5) is 11.5. The first-order chi connectivity index (χ1) is 6.06. The topological polar surface area (TPSA) is 29.1 Å². The van der Waals surface area contributed by atoms with Crippen LogP contribution in [-0.4, -0.2) is 17.3 Å². The first-order valence-electron chi connectivity index (χ1n) is 4.97. The van der Waals surface area contributed by atoms with Crippen LogP contribution in [0.3, 0.4) is 0 Å². The maximum Gasteiger partial charge on any atom is 0.220 e. The zero-order chi connectivity index (χ0) is 10.3. The van der Waals surface area contributed by atoms with Crippen molar-refractivity contribution in [3.05, 3.63) is 0 Å². The van der Waals surface area contributed by atoms with Gasteiger partial charge < -0.3 is 5.32 Å². The van der Waals surface area contributed by atoms with Crippen LogP contribution >= 0.6 is 15.9 Å². The van der Waals surface area contributed by atoms with E-state index in [0.29, 0.717) is 17.2 Å². The van der Waals surface area contributed by atoms with Crippen LogP contribution in [0.25, 0.3) is 0 Å². The highest BCUT2D eigenvalue weighted by Gasteiger charge is 2.07. The second-order valence-corrected chi connectivity index (χ2v) is 5.08. The fourth-order valence-electron chi connectivity index (χ4n) is 1.13. The van der Waals surface area contributed by atoms with Gasteiger partial charge in [0.05, 0.1) is 0 Å². The molecule has 0 aliphatic heterocycles. The van der Waals surface area contributed by atoms with Gasteiger partial charge in [0.25, 0.3) is 0 Å². The first-order valence-corrected chi connectivity index (χ1v) is 5.88. The van der Waals surface area contributed by atoms with Crippen LogP contribution in [0.2, 0.25) is 0 Å². The third-order valence-corrected chi connectivity index (χ3v) is 2.42. The Morgan fingerprint density at radius 1 is 1.46 bits per heavy atom. The Kier molecular flexibility index (Phi) is 7.33. The van der Waals surface area contributed by atoms with Crippen molar-refractivity contribution in [2.75, 3.05) is 6.54 Å². The Labute approximate surface area is 89.6 Å². The minimum absolute atomic E-state index is 0.163. The molecule has 0 spiro atoms. The SMILES string of the molecule is CCCC(=O)NCC(Br)CC(C)C. The molecule has 1 amide bonds. The maximum absolute atomic E-state index is 11.1. The summed E-state index contributed by atoms with van der Waals surface area (Å²) in [6, 6.07) is 0. The summed E-state index contributed by atoms with van der Waals surface area (Å²) in [6.07, 6.45) is 2.66. The lowest BCUT2D eigenvalue weighted by Gasteiger charge is -2.12. The molecule has 3 heteroatoms. The fourth-order valence-corrected chi connectivity index (χ4v) is 2.04. The number of hydrogen-bond acceptors (Lipinski definition) is 1. The molecule has 0 aliphatic carbocycles. The van der Waals surface area contributed by atoms with Crippen LogP contribution in [0.1, 0.15) is 40.0 Å². The van der Waals surface area contributed by atoms with Crippen molar-refractivity contribution in [1.82, 2.24) is 5.32 Å². The average Bonchev–Trinajstić information content (AvgIpc) is 2.00. The second-order valence-electron chi connectivity index (χ2n) is 3.78. The molecular weight excluding hydrogens is 230 g/mol. The Balaban J connectivity index is 3.45. The summed E-state index contributed by atoms with van der Waals surface area (Å²) in [5.74, 6) is 0.836. The van der Waals surface area contributed by atoms with E-state index in [9.17, 15) is 4.79 Å². The lowest BCUT2D eigenvalue weighted by molar-refractivity contribution is -0.121. The molecule has 0 aromatic carbocycles. The van der Waals surface area contributed by atoms with Crippen molar-refractivity contribution < 1.29 is 4.79 Å². The van der Waals surface area contributed by atoms with Crippen LogP contribution < -0.4 is 5.32 Å². The summed E-state index contributed by atoms with van der Waals surface area (Å²) in [5.41, 5.74) is 0. The summed E-state index contributed by atoms with van der Waals surface area (Å²) in [6.45, 7) is 7.13. The molecule has 1 atom stereocenters. The van der Waals surface area contributed by atoms with Gasteiger partial charge in [-0.05, 0) is 18.8 Å². The smallest absolute Gasteiger partial charge is 0.220 e. The number of rotatable bonds is 6. The van der Waals surface area contributed by atoms with E-state index < -0.39 is 0 Å². The standard InChI is InChI=1S/C10H20BrNO/c1-4-5-10(13)12-7-9(11)6-8(2)3/h8-9H,4-7H2,1-3H3,(H,12,13). The molecule has 0 aromatic rings. The number of halogens is 1. The van der Waals surface area contributed by atoms with Gasteiger partial charge in [0.2, 0.25) is 5.91 Å². The van der Waals surface area contributed by atoms with Crippen molar-refractivity contribution in [2.24, 2.45) is 5.92 Å². The molecule has 0 radical (unpaired) electrons. The van der Waals surface area contributed by atoms with Crippen molar-refractivity contribution >= 4 is 21.8 Å². The van der Waals surface area contributed by atoms with E-state index in [2.05, 4.69) is 35.1 Å². The van der Waals surface area contributed by atoms with Crippen LogP contribution in [-0.2, 0) is 4.79 Å². The highest BCUT2D eigenvalue weighted by molar-refractivity contribution is 9.09. The van der Waals surface area contributed by atoms with Crippen LogP contribution in [0, 0.1) is 5.92 Å². The number of carbonyl (C=O) groups excluding carboxylic acids is 1. The van der Waals surface area contributed by atoms with Crippen molar-refractivity contribution in [3.63, 3.8) is 0 Å². The second kappa shape index (κ2) is 7.36.